The van der Waals surface area contributed by atoms with Gasteiger partial charge in [0.15, 0.2) is 0 Å². The Labute approximate surface area is 113 Å². The van der Waals surface area contributed by atoms with Gasteiger partial charge in [0.05, 0.1) is 0 Å². The highest BCUT2D eigenvalue weighted by molar-refractivity contribution is 5.87. The van der Waals surface area contributed by atoms with Crippen LogP contribution in [0.1, 0.15) is 25.8 Å². The van der Waals surface area contributed by atoms with Gasteiger partial charge in [0, 0.05) is 18.7 Å². The molecule has 0 spiro atoms. The first kappa shape index (κ1) is 15.0. The zero-order chi connectivity index (χ0) is 14.3. The molecular formula is C14H21N3O2. The Morgan fingerprint density at radius 3 is 2.74 bits per heavy atom. The second kappa shape index (κ2) is 7.41. The van der Waals surface area contributed by atoms with E-state index < -0.39 is 6.04 Å². The smallest absolute Gasteiger partial charge is 0.242 e. The summed E-state index contributed by atoms with van der Waals surface area (Å²) in [5.41, 5.74) is 7.37. The minimum atomic E-state index is -0.506. The number of rotatable bonds is 6. The van der Waals surface area contributed by atoms with E-state index in [1.165, 1.54) is 0 Å². The zero-order valence-corrected chi connectivity index (χ0v) is 11.4. The first-order chi connectivity index (χ1) is 9.02. The average Bonchev–Trinajstić information content (AvgIpc) is 2.36. The van der Waals surface area contributed by atoms with Crippen LogP contribution in [0.5, 0.6) is 0 Å². The lowest BCUT2D eigenvalue weighted by Crippen LogP contribution is -2.44. The molecule has 1 aromatic carbocycles. The van der Waals surface area contributed by atoms with Crippen LogP contribution in [0.2, 0.25) is 0 Å². The van der Waals surface area contributed by atoms with Crippen molar-refractivity contribution in [1.82, 2.24) is 10.6 Å². The Morgan fingerprint density at radius 1 is 1.37 bits per heavy atom. The molecule has 2 amide bonds. The van der Waals surface area contributed by atoms with E-state index in [0.717, 1.165) is 5.56 Å². The number of nitrogens with two attached hydrogens (primary N) is 1. The number of carbonyl (C=O) groups excluding carboxylic acids is 2. The Hall–Kier alpha value is -2.04. The van der Waals surface area contributed by atoms with Crippen molar-refractivity contribution in [3.05, 3.63) is 29.8 Å². The van der Waals surface area contributed by atoms with Crippen molar-refractivity contribution < 1.29 is 9.59 Å². The van der Waals surface area contributed by atoms with E-state index in [1.54, 1.807) is 13.0 Å². The lowest BCUT2D eigenvalue weighted by molar-refractivity contribution is -0.128. The predicted octanol–water partition coefficient (Wildman–Crippen LogP) is 0.842. The summed E-state index contributed by atoms with van der Waals surface area (Å²) >= 11 is 0. The van der Waals surface area contributed by atoms with Crippen molar-refractivity contribution in [1.29, 1.82) is 0 Å². The molecule has 0 saturated heterocycles. The van der Waals surface area contributed by atoms with E-state index in [9.17, 15) is 9.59 Å². The summed E-state index contributed by atoms with van der Waals surface area (Å²) in [6.45, 7) is 4.07. The standard InChI is InChI=1S/C14H21N3O2/c1-3-16-14(19)10(2)17-13(18)8-7-11-5-4-6-12(15)9-11/h4-6,9-10H,3,7-8,15H2,1-2H3,(H,16,19)(H,17,18). The number of benzene rings is 1. The Bertz CT molecular complexity index is 446. The van der Waals surface area contributed by atoms with Crippen molar-refractivity contribution in [2.75, 3.05) is 12.3 Å². The lowest BCUT2D eigenvalue weighted by atomic mass is 10.1. The molecule has 1 unspecified atom stereocenters. The van der Waals surface area contributed by atoms with Gasteiger partial charge in [-0.05, 0) is 38.0 Å². The van der Waals surface area contributed by atoms with Crippen LogP contribution in [0.3, 0.4) is 0 Å². The van der Waals surface area contributed by atoms with Gasteiger partial charge in [-0.15, -0.1) is 0 Å². The monoisotopic (exact) mass is 263 g/mol. The van der Waals surface area contributed by atoms with Crippen LogP contribution in [0.15, 0.2) is 24.3 Å². The quantitative estimate of drug-likeness (QED) is 0.665. The van der Waals surface area contributed by atoms with Gasteiger partial charge in [0.1, 0.15) is 6.04 Å². The van der Waals surface area contributed by atoms with Gasteiger partial charge in [-0.1, -0.05) is 12.1 Å². The maximum atomic E-state index is 11.7. The van der Waals surface area contributed by atoms with Crippen LogP contribution in [-0.4, -0.2) is 24.4 Å². The van der Waals surface area contributed by atoms with Crippen molar-refractivity contribution >= 4 is 17.5 Å². The molecule has 4 N–H and O–H groups in total. The zero-order valence-electron chi connectivity index (χ0n) is 11.4. The summed E-state index contributed by atoms with van der Waals surface area (Å²) in [6.07, 6.45) is 0.951. The molecule has 1 rings (SSSR count). The number of hydrogen-bond acceptors (Lipinski definition) is 3. The predicted molar refractivity (Wildman–Crippen MR) is 75.5 cm³/mol. The number of hydrogen-bond donors (Lipinski definition) is 3. The first-order valence-electron chi connectivity index (χ1n) is 6.44. The highest BCUT2D eigenvalue weighted by Crippen LogP contribution is 2.08. The summed E-state index contributed by atoms with van der Waals surface area (Å²) in [5, 5.41) is 5.33. The van der Waals surface area contributed by atoms with E-state index in [0.29, 0.717) is 25.1 Å². The van der Waals surface area contributed by atoms with E-state index in [1.807, 2.05) is 25.1 Å². The fraction of sp³-hybridized carbons (Fsp3) is 0.429. The minimum absolute atomic E-state index is 0.138. The summed E-state index contributed by atoms with van der Waals surface area (Å²) in [4.78, 5) is 23.2. The molecule has 1 atom stereocenters. The SMILES string of the molecule is CCNC(=O)C(C)NC(=O)CCc1cccc(N)c1. The summed E-state index contributed by atoms with van der Waals surface area (Å²) in [5.74, 6) is -0.305. The maximum absolute atomic E-state index is 11.7. The molecule has 0 aliphatic rings. The fourth-order valence-corrected chi connectivity index (χ4v) is 1.71. The maximum Gasteiger partial charge on any atom is 0.242 e. The molecule has 0 aromatic heterocycles. The van der Waals surface area contributed by atoms with E-state index >= 15 is 0 Å². The number of nitrogens with one attached hydrogen (secondary N) is 2. The van der Waals surface area contributed by atoms with E-state index in [4.69, 9.17) is 5.73 Å². The van der Waals surface area contributed by atoms with Gasteiger partial charge in [0.25, 0.3) is 0 Å². The van der Waals surface area contributed by atoms with E-state index in [-0.39, 0.29) is 11.8 Å². The molecule has 5 nitrogen and oxygen atoms in total. The molecule has 0 fully saturated rings. The summed E-state index contributed by atoms with van der Waals surface area (Å²) < 4.78 is 0. The van der Waals surface area contributed by atoms with Gasteiger partial charge in [-0.25, -0.2) is 0 Å². The highest BCUT2D eigenvalue weighted by Gasteiger charge is 2.14. The Balaban J connectivity index is 2.37. The molecule has 0 bridgehead atoms. The third-order valence-electron chi connectivity index (χ3n) is 2.71. The number of amides is 2. The molecular weight excluding hydrogens is 242 g/mol. The Kier molecular flexibility index (Phi) is 5.85. The van der Waals surface area contributed by atoms with Gasteiger partial charge < -0.3 is 16.4 Å². The van der Waals surface area contributed by atoms with Crippen LogP contribution in [0.4, 0.5) is 5.69 Å². The van der Waals surface area contributed by atoms with Crippen molar-refractivity contribution in [3.63, 3.8) is 0 Å². The van der Waals surface area contributed by atoms with Crippen LogP contribution >= 0.6 is 0 Å². The van der Waals surface area contributed by atoms with Gasteiger partial charge in [0.2, 0.25) is 11.8 Å². The lowest BCUT2D eigenvalue weighted by Gasteiger charge is -2.13. The molecule has 104 valence electrons. The second-order valence-corrected chi connectivity index (χ2v) is 4.43. The Morgan fingerprint density at radius 2 is 2.11 bits per heavy atom. The second-order valence-electron chi connectivity index (χ2n) is 4.43. The topological polar surface area (TPSA) is 84.2 Å². The largest absolute Gasteiger partial charge is 0.399 e. The highest BCUT2D eigenvalue weighted by atomic mass is 16.2. The van der Waals surface area contributed by atoms with Gasteiger partial charge >= 0.3 is 0 Å². The summed E-state index contributed by atoms with van der Waals surface area (Å²) in [6, 6.07) is 6.94. The van der Waals surface area contributed by atoms with Crippen LogP contribution in [0.25, 0.3) is 0 Å². The number of likely N-dealkylation sites (N-methyl/N-ethyl adjacent to an activating group) is 1. The van der Waals surface area contributed by atoms with Crippen molar-refractivity contribution in [2.24, 2.45) is 0 Å². The van der Waals surface area contributed by atoms with Gasteiger partial charge in [-0.3, -0.25) is 9.59 Å². The van der Waals surface area contributed by atoms with Crippen LogP contribution in [0, 0.1) is 0 Å². The fourth-order valence-electron chi connectivity index (χ4n) is 1.71. The summed E-state index contributed by atoms with van der Waals surface area (Å²) in [7, 11) is 0. The molecule has 0 heterocycles. The molecule has 0 aliphatic carbocycles. The third kappa shape index (κ3) is 5.42. The molecule has 0 radical (unpaired) electrons. The average molecular weight is 263 g/mol. The molecule has 0 saturated carbocycles. The number of aryl methyl sites for hydroxylation is 1. The van der Waals surface area contributed by atoms with Crippen LogP contribution in [-0.2, 0) is 16.0 Å². The number of anilines is 1. The normalized spacial score (nSPS) is 11.7. The van der Waals surface area contributed by atoms with Gasteiger partial charge in [-0.2, -0.15) is 0 Å². The van der Waals surface area contributed by atoms with Crippen molar-refractivity contribution in [2.45, 2.75) is 32.7 Å². The number of nitrogen functional groups attached to an aromatic ring is 1. The number of carbonyl (C=O) groups is 2. The van der Waals surface area contributed by atoms with Crippen LogP contribution < -0.4 is 16.4 Å². The van der Waals surface area contributed by atoms with E-state index in [2.05, 4.69) is 10.6 Å². The molecule has 19 heavy (non-hydrogen) atoms. The first-order valence-corrected chi connectivity index (χ1v) is 6.44. The minimum Gasteiger partial charge on any atom is -0.399 e. The molecule has 5 heteroatoms. The van der Waals surface area contributed by atoms with Crippen molar-refractivity contribution in [3.8, 4) is 0 Å². The molecule has 0 aliphatic heterocycles. The third-order valence-corrected chi connectivity index (χ3v) is 2.71. The molecule has 1 aromatic rings.